The number of aromatic nitrogens is 3. The number of nitrogen functional groups attached to an aromatic ring is 1. The number of aromatic amines is 1. The Morgan fingerprint density at radius 1 is 1.50 bits per heavy atom. The molecular weight excluding hydrogens is 306 g/mol. The highest BCUT2D eigenvalue weighted by molar-refractivity contribution is 6.35. The molecule has 1 aliphatic rings. The van der Waals surface area contributed by atoms with Gasteiger partial charge in [0.2, 0.25) is 0 Å². The van der Waals surface area contributed by atoms with Gasteiger partial charge in [-0.15, -0.1) is 0 Å². The summed E-state index contributed by atoms with van der Waals surface area (Å²) < 4.78 is 0. The number of hydrogen-bond donors (Lipinski definition) is 4. The van der Waals surface area contributed by atoms with Gasteiger partial charge >= 0.3 is 0 Å². The number of carbonyl (C=O) groups excluding carboxylic acids is 1. The second kappa shape index (κ2) is 5.94. The van der Waals surface area contributed by atoms with Crippen LogP contribution in [0.4, 0.5) is 5.82 Å². The summed E-state index contributed by atoms with van der Waals surface area (Å²) in [5, 5.41) is 18.8. The van der Waals surface area contributed by atoms with Gasteiger partial charge in [-0.1, -0.05) is 17.7 Å². The van der Waals surface area contributed by atoms with Gasteiger partial charge in [0.05, 0.1) is 17.8 Å². The first-order chi connectivity index (χ1) is 10.6. The average molecular weight is 322 g/mol. The van der Waals surface area contributed by atoms with Crippen molar-refractivity contribution < 1.29 is 9.90 Å². The predicted molar refractivity (Wildman–Crippen MR) is 81.2 cm³/mol. The third-order valence-electron chi connectivity index (χ3n) is 3.87. The molecule has 22 heavy (non-hydrogen) atoms. The molecular formula is C14H16ClN5O2. The Balaban J connectivity index is 1.81. The smallest absolute Gasteiger partial charge is 0.271 e. The minimum Gasteiger partial charge on any atom is -0.393 e. The number of nitrogens with one attached hydrogen (secondary N) is 2. The Kier molecular flexibility index (Phi) is 4.00. The molecule has 0 saturated heterocycles. The normalized spacial score (nSPS) is 21.9. The summed E-state index contributed by atoms with van der Waals surface area (Å²) in [6, 6.07) is 5.22. The summed E-state index contributed by atoms with van der Waals surface area (Å²) in [5.74, 6) is -0.181. The van der Waals surface area contributed by atoms with Crippen LogP contribution in [0, 0.1) is 5.92 Å². The third kappa shape index (κ3) is 2.77. The number of rotatable bonds is 4. The molecule has 1 saturated carbocycles. The van der Waals surface area contributed by atoms with E-state index in [2.05, 4.69) is 20.5 Å². The molecule has 0 bridgehead atoms. The largest absolute Gasteiger partial charge is 0.393 e. The number of amides is 1. The minimum atomic E-state index is -0.397. The van der Waals surface area contributed by atoms with Gasteiger partial charge in [0, 0.05) is 6.20 Å². The first-order valence-electron chi connectivity index (χ1n) is 6.95. The van der Waals surface area contributed by atoms with Gasteiger partial charge in [0.15, 0.2) is 5.82 Å². The van der Waals surface area contributed by atoms with Crippen LogP contribution in [0.25, 0.3) is 0 Å². The second-order valence-corrected chi connectivity index (χ2v) is 5.77. The lowest BCUT2D eigenvalue weighted by Gasteiger charge is -2.37. The maximum atomic E-state index is 12.4. The Morgan fingerprint density at radius 3 is 2.82 bits per heavy atom. The Bertz CT molecular complexity index is 669. The van der Waals surface area contributed by atoms with Gasteiger partial charge in [-0.25, -0.2) is 0 Å². The van der Waals surface area contributed by atoms with E-state index < -0.39 is 5.91 Å². The standard InChI is InChI=1S/C14H16ClN5O2/c15-10-12(19-20-13(10)16)14(22)18-11(7-5-8(21)6-7)9-3-1-2-4-17-9/h1-4,7-8,11,21H,5-6H2,(H,18,22)(H3,16,19,20)/t7?,8?,11-/m0/s1. The van der Waals surface area contributed by atoms with Crippen LogP contribution in [0.15, 0.2) is 24.4 Å². The van der Waals surface area contributed by atoms with Crippen molar-refractivity contribution in [3.8, 4) is 0 Å². The van der Waals surface area contributed by atoms with E-state index in [0.717, 1.165) is 5.69 Å². The lowest BCUT2D eigenvalue weighted by molar-refractivity contribution is 0.0227. The van der Waals surface area contributed by atoms with Crippen LogP contribution in [-0.2, 0) is 0 Å². The number of nitrogens with two attached hydrogens (primary N) is 1. The van der Waals surface area contributed by atoms with E-state index in [1.54, 1.807) is 6.20 Å². The molecule has 1 atom stereocenters. The van der Waals surface area contributed by atoms with E-state index in [1.807, 2.05) is 18.2 Å². The van der Waals surface area contributed by atoms with Gasteiger partial charge in [-0.05, 0) is 30.9 Å². The van der Waals surface area contributed by atoms with Crippen LogP contribution in [0.5, 0.6) is 0 Å². The van der Waals surface area contributed by atoms with Gasteiger partial charge in [0.25, 0.3) is 5.91 Å². The van der Waals surface area contributed by atoms with Gasteiger partial charge in [-0.2, -0.15) is 5.10 Å². The molecule has 1 fully saturated rings. The van der Waals surface area contributed by atoms with E-state index in [-0.39, 0.29) is 34.6 Å². The Labute approximate surface area is 131 Å². The fourth-order valence-corrected chi connectivity index (χ4v) is 2.77. The van der Waals surface area contributed by atoms with Gasteiger partial charge < -0.3 is 16.2 Å². The fourth-order valence-electron chi connectivity index (χ4n) is 2.60. The topological polar surface area (TPSA) is 117 Å². The number of H-pyrrole nitrogens is 1. The molecule has 1 amide bonds. The number of anilines is 1. The molecule has 1 aliphatic carbocycles. The van der Waals surface area contributed by atoms with Gasteiger partial charge in [0.1, 0.15) is 10.7 Å². The van der Waals surface area contributed by atoms with Gasteiger partial charge in [-0.3, -0.25) is 14.9 Å². The average Bonchev–Trinajstić information content (AvgIpc) is 2.82. The summed E-state index contributed by atoms with van der Waals surface area (Å²) in [6.07, 6.45) is 2.60. The van der Waals surface area contributed by atoms with E-state index >= 15 is 0 Å². The van der Waals surface area contributed by atoms with E-state index in [0.29, 0.717) is 12.8 Å². The summed E-state index contributed by atoms with van der Waals surface area (Å²) in [6.45, 7) is 0. The number of pyridine rings is 1. The number of aliphatic hydroxyl groups excluding tert-OH is 1. The first kappa shape index (κ1) is 14.8. The van der Waals surface area contributed by atoms with Crippen LogP contribution in [0.1, 0.15) is 35.1 Å². The maximum Gasteiger partial charge on any atom is 0.271 e. The Hall–Kier alpha value is -2.12. The molecule has 116 valence electrons. The van der Waals surface area contributed by atoms with Crippen molar-refractivity contribution in [3.63, 3.8) is 0 Å². The summed E-state index contributed by atoms with van der Waals surface area (Å²) in [4.78, 5) is 16.7. The van der Waals surface area contributed by atoms with E-state index in [9.17, 15) is 9.90 Å². The Morgan fingerprint density at radius 2 is 2.27 bits per heavy atom. The van der Waals surface area contributed by atoms with Crippen molar-refractivity contribution in [3.05, 3.63) is 40.8 Å². The molecule has 5 N–H and O–H groups in total. The molecule has 2 heterocycles. The maximum absolute atomic E-state index is 12.4. The zero-order valence-corrected chi connectivity index (χ0v) is 12.4. The number of halogens is 1. The summed E-state index contributed by atoms with van der Waals surface area (Å²) in [7, 11) is 0. The molecule has 0 radical (unpaired) electrons. The highest BCUT2D eigenvalue weighted by atomic mass is 35.5. The number of hydrogen-bond acceptors (Lipinski definition) is 5. The molecule has 7 nitrogen and oxygen atoms in total. The van der Waals surface area contributed by atoms with Crippen molar-refractivity contribution in [2.75, 3.05) is 5.73 Å². The zero-order valence-electron chi connectivity index (χ0n) is 11.7. The SMILES string of the molecule is Nc1n[nH]c(C(=O)N[C@H](c2ccccn2)C2CC(O)C2)c1Cl. The van der Waals surface area contributed by atoms with Crippen LogP contribution in [-0.4, -0.2) is 32.3 Å². The minimum absolute atomic E-state index is 0.0836. The highest BCUT2D eigenvalue weighted by Gasteiger charge is 2.36. The van der Waals surface area contributed by atoms with Crippen molar-refractivity contribution >= 4 is 23.3 Å². The number of nitrogens with zero attached hydrogens (tertiary/aromatic N) is 2. The zero-order chi connectivity index (χ0) is 15.7. The molecule has 0 spiro atoms. The molecule has 2 aromatic rings. The quantitative estimate of drug-likeness (QED) is 0.677. The van der Waals surface area contributed by atoms with E-state index in [1.165, 1.54) is 0 Å². The molecule has 0 aromatic carbocycles. The van der Waals surface area contributed by atoms with Crippen molar-refractivity contribution in [2.24, 2.45) is 5.92 Å². The monoisotopic (exact) mass is 321 g/mol. The predicted octanol–water partition coefficient (Wildman–Crippen LogP) is 1.28. The summed E-state index contributed by atoms with van der Waals surface area (Å²) >= 11 is 5.95. The number of carbonyl (C=O) groups is 1. The first-order valence-corrected chi connectivity index (χ1v) is 7.33. The van der Waals surface area contributed by atoms with Crippen LogP contribution in [0.3, 0.4) is 0 Å². The molecule has 2 aromatic heterocycles. The lowest BCUT2D eigenvalue weighted by Crippen LogP contribution is -2.42. The number of aliphatic hydroxyl groups is 1. The molecule has 0 aliphatic heterocycles. The van der Waals surface area contributed by atoms with Crippen molar-refractivity contribution in [1.29, 1.82) is 0 Å². The summed E-state index contributed by atoms with van der Waals surface area (Å²) in [5.41, 5.74) is 6.41. The van der Waals surface area contributed by atoms with Crippen LogP contribution in [0.2, 0.25) is 5.02 Å². The second-order valence-electron chi connectivity index (χ2n) is 5.39. The molecule has 3 rings (SSSR count). The molecule has 0 unspecified atom stereocenters. The van der Waals surface area contributed by atoms with Crippen LogP contribution < -0.4 is 11.1 Å². The molecule has 8 heteroatoms. The van der Waals surface area contributed by atoms with E-state index in [4.69, 9.17) is 17.3 Å². The fraction of sp³-hybridized carbons (Fsp3) is 0.357. The highest BCUT2D eigenvalue weighted by Crippen LogP contribution is 2.37. The van der Waals surface area contributed by atoms with Crippen molar-refractivity contribution in [2.45, 2.75) is 25.0 Å². The van der Waals surface area contributed by atoms with Crippen molar-refractivity contribution in [1.82, 2.24) is 20.5 Å². The van der Waals surface area contributed by atoms with Crippen LogP contribution >= 0.6 is 11.6 Å². The lowest BCUT2D eigenvalue weighted by atomic mass is 9.76. The third-order valence-corrected chi connectivity index (χ3v) is 4.26.